The fourth-order valence-electron chi connectivity index (χ4n) is 10.5. The lowest BCUT2D eigenvalue weighted by Crippen LogP contribution is -2.70. The summed E-state index contributed by atoms with van der Waals surface area (Å²) in [6.45, 7) is 5.88. The number of nitrogens with one attached hydrogen (secondary N) is 1. The Hall–Kier alpha value is -3.98. The Morgan fingerprint density at radius 3 is 2.64 bits per heavy atom. The number of methoxy groups -OCH3 is 1. The number of carbonyl (C=O) groups is 1. The number of fused-ring (bicyclic) bond motifs is 11. The highest BCUT2D eigenvalue weighted by molar-refractivity contribution is 7.99. The average molecular weight is 742 g/mol. The van der Waals surface area contributed by atoms with Crippen LogP contribution in [-0.4, -0.2) is 95.4 Å². The second-order valence-electron chi connectivity index (χ2n) is 15.4. The Bertz CT molecular complexity index is 2220. The number of hydrogen-bond acceptors (Lipinski definition) is 13. The van der Waals surface area contributed by atoms with Gasteiger partial charge in [0, 0.05) is 45.2 Å². The van der Waals surface area contributed by atoms with E-state index in [9.17, 15) is 20.1 Å². The zero-order chi connectivity index (χ0) is 36.7. The highest BCUT2D eigenvalue weighted by Crippen LogP contribution is 2.63. The number of phenols is 1. The third-order valence-electron chi connectivity index (χ3n) is 12.9. The van der Waals surface area contributed by atoms with Gasteiger partial charge in [-0.1, -0.05) is 24.3 Å². The second-order valence-corrected chi connectivity index (χ2v) is 16.5. The summed E-state index contributed by atoms with van der Waals surface area (Å²) in [5, 5.41) is 39.2. The van der Waals surface area contributed by atoms with Gasteiger partial charge in [0.1, 0.15) is 24.2 Å². The van der Waals surface area contributed by atoms with Crippen molar-refractivity contribution in [2.75, 3.05) is 39.9 Å². The highest BCUT2D eigenvalue weighted by atomic mass is 32.2. The van der Waals surface area contributed by atoms with E-state index in [1.54, 1.807) is 18.9 Å². The number of benzene rings is 3. The number of nitrogens with zero attached hydrogens (tertiary/aromatic N) is 2. The molecule has 13 heteroatoms. The van der Waals surface area contributed by atoms with Gasteiger partial charge in [0.2, 0.25) is 6.79 Å². The molecule has 53 heavy (non-hydrogen) atoms. The number of aryl methyl sites for hydroxylation is 1. The fourth-order valence-corrected chi connectivity index (χ4v) is 12.2. The molecule has 8 atom stereocenters. The number of likely N-dealkylation sites (N-methyl/N-ethyl adjacent to an activating group) is 1. The summed E-state index contributed by atoms with van der Waals surface area (Å²) < 4.78 is 31.1. The molecule has 12 nitrogen and oxygen atoms in total. The topological polar surface area (TPSA) is 146 Å². The first kappa shape index (κ1) is 33.6. The molecule has 1 aromatic heterocycles. The maximum atomic E-state index is 14.8. The smallest absolute Gasteiger partial charge is 0.335 e. The zero-order valence-corrected chi connectivity index (χ0v) is 31.1. The minimum Gasteiger partial charge on any atom is -0.504 e. The van der Waals surface area contributed by atoms with E-state index >= 15 is 0 Å². The normalized spacial score (nSPS) is 31.5. The molecule has 278 valence electrons. The molecule has 1 spiro atoms. The molecule has 8 heterocycles. The van der Waals surface area contributed by atoms with E-state index in [-0.39, 0.29) is 48.8 Å². The van der Waals surface area contributed by atoms with E-state index in [4.69, 9.17) is 23.4 Å². The van der Waals surface area contributed by atoms with Gasteiger partial charge >= 0.3 is 5.97 Å². The zero-order valence-electron chi connectivity index (χ0n) is 30.3. The first-order valence-electron chi connectivity index (χ1n) is 18.3. The van der Waals surface area contributed by atoms with Gasteiger partial charge in [0.05, 0.1) is 31.8 Å². The highest BCUT2D eigenvalue weighted by Gasteiger charge is 2.61. The maximum Gasteiger partial charge on any atom is 0.335 e. The third-order valence-corrected chi connectivity index (χ3v) is 14.4. The van der Waals surface area contributed by atoms with Crippen LogP contribution in [0, 0.1) is 20.8 Å². The van der Waals surface area contributed by atoms with Crippen LogP contribution < -0.4 is 19.5 Å². The number of aliphatic hydroxyl groups is 2. The summed E-state index contributed by atoms with van der Waals surface area (Å²) in [5.74, 6) is 2.05. The van der Waals surface area contributed by atoms with Crippen molar-refractivity contribution in [1.82, 2.24) is 15.1 Å². The molecular weight excluding hydrogens is 699 g/mol. The van der Waals surface area contributed by atoms with Crippen LogP contribution in [0.4, 0.5) is 0 Å². The minimum atomic E-state index is -1.42. The number of ether oxygens (including phenoxy) is 4. The summed E-state index contributed by atoms with van der Waals surface area (Å²) in [6.07, 6.45) is 0.0606. The predicted octanol–water partition coefficient (Wildman–Crippen LogP) is 4.19. The average Bonchev–Trinajstić information content (AvgIpc) is 3.80. The quantitative estimate of drug-likeness (QED) is 0.218. The molecule has 0 saturated carbocycles. The van der Waals surface area contributed by atoms with Crippen LogP contribution in [0.15, 0.2) is 34.7 Å². The number of carbonyl (C=O) groups excluding carboxylic acids is 1. The molecule has 7 aliphatic rings. The standard InChI is InChI=1S/C40H43N3O9S/c1-17-10-20-11-24-38(46)43-25-14-49-39(47)40(37-23(12-21(13-44)41-40)22-8-6-7-9-26(22)52-37)15-53-36(27-18(2)19(3)34-35(29(25)27)51-16-50-34)31(43)30(42(24)4)28(20)32(45)33(17)48-5/h6-10,21,24-25,30-31,36,38,41,44-46H,11-16H2,1-5H3/t21-,24-,25-,30+,31+,36+,38-,40+/m0/s1. The van der Waals surface area contributed by atoms with E-state index in [0.717, 1.165) is 49.9 Å². The Kier molecular flexibility index (Phi) is 7.45. The van der Waals surface area contributed by atoms with E-state index < -0.39 is 35.9 Å². The number of rotatable bonds is 2. The number of furan rings is 1. The molecule has 4 aromatic rings. The van der Waals surface area contributed by atoms with Crippen molar-refractivity contribution >= 4 is 28.7 Å². The number of phenolic OH excluding ortho intramolecular Hbond substituents is 1. The first-order valence-corrected chi connectivity index (χ1v) is 19.3. The number of piperazine rings is 1. The van der Waals surface area contributed by atoms with Crippen LogP contribution in [0.25, 0.3) is 11.0 Å². The van der Waals surface area contributed by atoms with Gasteiger partial charge in [-0.2, -0.15) is 0 Å². The van der Waals surface area contributed by atoms with E-state index in [2.05, 4.69) is 28.1 Å². The largest absolute Gasteiger partial charge is 0.504 e. The number of esters is 1. The van der Waals surface area contributed by atoms with Gasteiger partial charge in [-0.05, 0) is 74.5 Å². The van der Waals surface area contributed by atoms with E-state index in [0.29, 0.717) is 41.4 Å². The molecule has 0 aliphatic carbocycles. The van der Waals surface area contributed by atoms with Crippen molar-refractivity contribution in [2.45, 2.75) is 80.8 Å². The monoisotopic (exact) mass is 741 g/mol. The minimum absolute atomic E-state index is 0.0706. The summed E-state index contributed by atoms with van der Waals surface area (Å²) in [4.78, 5) is 19.1. The second kappa shape index (κ2) is 11.8. The number of aromatic hydroxyl groups is 1. The van der Waals surface area contributed by atoms with Crippen molar-refractivity contribution in [3.63, 3.8) is 0 Å². The van der Waals surface area contributed by atoms with Gasteiger partial charge in [0.15, 0.2) is 28.5 Å². The molecule has 0 amide bonds. The molecule has 7 aliphatic heterocycles. The van der Waals surface area contributed by atoms with Crippen molar-refractivity contribution in [2.24, 2.45) is 0 Å². The van der Waals surface area contributed by atoms with Crippen molar-refractivity contribution < 1.29 is 43.5 Å². The van der Waals surface area contributed by atoms with Crippen LogP contribution in [0.3, 0.4) is 0 Å². The Balaban J connectivity index is 1.22. The van der Waals surface area contributed by atoms with Crippen molar-refractivity contribution in [3.05, 3.63) is 80.6 Å². The van der Waals surface area contributed by atoms with Crippen LogP contribution in [0.1, 0.15) is 67.6 Å². The van der Waals surface area contributed by atoms with Crippen LogP contribution in [0.2, 0.25) is 0 Å². The summed E-state index contributed by atoms with van der Waals surface area (Å²) in [6, 6.07) is 7.73. The molecule has 3 aromatic carbocycles. The van der Waals surface area contributed by atoms with Crippen molar-refractivity contribution in [1.29, 1.82) is 0 Å². The Morgan fingerprint density at radius 1 is 1.06 bits per heavy atom. The lowest BCUT2D eigenvalue weighted by Gasteiger charge is -2.62. The number of thioether (sulfide) groups is 1. The first-order chi connectivity index (χ1) is 25.6. The van der Waals surface area contributed by atoms with Crippen LogP contribution in [0.5, 0.6) is 23.0 Å². The molecule has 11 rings (SSSR count). The van der Waals surface area contributed by atoms with Gasteiger partial charge < -0.3 is 38.7 Å². The molecule has 0 unspecified atom stereocenters. The Labute approximate surface area is 310 Å². The van der Waals surface area contributed by atoms with Crippen LogP contribution >= 0.6 is 11.8 Å². The summed E-state index contributed by atoms with van der Waals surface area (Å²) in [5.41, 5.74) is 6.69. The third kappa shape index (κ3) is 4.34. The lowest BCUT2D eigenvalue weighted by atomic mass is 9.72. The van der Waals surface area contributed by atoms with E-state index in [1.165, 1.54) is 0 Å². The fraction of sp³-hybridized carbons (Fsp3) is 0.475. The predicted molar refractivity (Wildman–Crippen MR) is 196 cm³/mol. The SMILES string of the molecule is COc1c(C)cc2c(c1O)[C@@H]1[C@@H]3[C@@H]4SC[C@]5(N[C@H](CO)Cc6c5oc5ccccc65)C(=O)OC[C@@H](c5c6c(c(C)c(C)c54)OCO6)N3[C@@H](O)[C@H](C2)N1C. The van der Waals surface area contributed by atoms with Crippen LogP contribution in [-0.2, 0) is 27.9 Å². The molecule has 0 radical (unpaired) electrons. The summed E-state index contributed by atoms with van der Waals surface area (Å²) in [7, 11) is 3.60. The molecule has 2 fully saturated rings. The van der Waals surface area contributed by atoms with E-state index in [1.807, 2.05) is 45.2 Å². The summed E-state index contributed by atoms with van der Waals surface area (Å²) >= 11 is 1.60. The molecule has 2 saturated heterocycles. The Morgan fingerprint density at radius 2 is 1.85 bits per heavy atom. The van der Waals surface area contributed by atoms with Crippen molar-refractivity contribution in [3.8, 4) is 23.0 Å². The van der Waals surface area contributed by atoms with Gasteiger partial charge in [-0.3, -0.25) is 15.1 Å². The molecule has 4 bridgehead atoms. The number of aliphatic hydroxyl groups excluding tert-OH is 2. The maximum absolute atomic E-state index is 14.8. The number of hydrogen-bond donors (Lipinski definition) is 4. The molecular formula is C40H43N3O9S. The van der Waals surface area contributed by atoms with Gasteiger partial charge in [-0.15, -0.1) is 11.8 Å². The lowest BCUT2D eigenvalue weighted by molar-refractivity contribution is -0.186. The van der Waals surface area contributed by atoms with Gasteiger partial charge in [0.25, 0.3) is 0 Å². The number of para-hydroxylation sites is 1. The molecule has 4 N–H and O–H groups in total. The van der Waals surface area contributed by atoms with Gasteiger partial charge in [-0.25, -0.2) is 4.79 Å².